The summed E-state index contributed by atoms with van der Waals surface area (Å²) in [6.07, 6.45) is 0. The van der Waals surface area contributed by atoms with E-state index in [-0.39, 0.29) is 18.5 Å². The molecular formula is C23H27NO5. The summed E-state index contributed by atoms with van der Waals surface area (Å²) in [6, 6.07) is 16.5. The van der Waals surface area contributed by atoms with Gasteiger partial charge in [-0.25, -0.2) is 4.79 Å². The number of carbonyl (C=O) groups excluding carboxylic acids is 2. The number of amides is 1. The van der Waals surface area contributed by atoms with Crippen molar-refractivity contribution in [2.45, 2.75) is 39.7 Å². The van der Waals surface area contributed by atoms with E-state index >= 15 is 0 Å². The molecule has 2 aromatic carbocycles. The Bertz CT molecular complexity index is 835. The number of rotatable bonds is 6. The molecular weight excluding hydrogens is 370 g/mol. The summed E-state index contributed by atoms with van der Waals surface area (Å²) in [6.45, 7) is 6.68. The smallest absolute Gasteiger partial charge is 0.338 e. The van der Waals surface area contributed by atoms with Gasteiger partial charge in [0.25, 0.3) is 0 Å². The Kier molecular flexibility index (Phi) is 6.35. The van der Waals surface area contributed by atoms with E-state index in [2.05, 4.69) is 5.32 Å². The molecule has 1 aliphatic heterocycles. The van der Waals surface area contributed by atoms with Crippen LogP contribution in [0.25, 0.3) is 0 Å². The van der Waals surface area contributed by atoms with Gasteiger partial charge in [-0.2, -0.15) is 0 Å². The molecule has 1 saturated heterocycles. The first-order valence-electron chi connectivity index (χ1n) is 9.64. The first kappa shape index (κ1) is 21.0. The van der Waals surface area contributed by atoms with E-state index in [0.29, 0.717) is 25.3 Å². The molecule has 0 bridgehead atoms. The molecule has 1 fully saturated rings. The quantitative estimate of drug-likeness (QED) is 0.756. The summed E-state index contributed by atoms with van der Waals surface area (Å²) in [5.74, 6) is -1.17. The molecule has 0 atom stereocenters. The molecule has 0 radical (unpaired) electrons. The Morgan fingerprint density at radius 3 is 2.17 bits per heavy atom. The van der Waals surface area contributed by atoms with Gasteiger partial charge < -0.3 is 19.5 Å². The van der Waals surface area contributed by atoms with Crippen molar-refractivity contribution >= 4 is 11.9 Å². The lowest BCUT2D eigenvalue weighted by Crippen LogP contribution is -2.52. The second kappa shape index (κ2) is 8.76. The first-order chi connectivity index (χ1) is 13.8. The lowest BCUT2D eigenvalue weighted by Gasteiger charge is -2.40. The van der Waals surface area contributed by atoms with Crippen LogP contribution < -0.4 is 5.32 Å². The Morgan fingerprint density at radius 2 is 1.55 bits per heavy atom. The number of nitrogens with one attached hydrogen (secondary N) is 1. The molecule has 0 aromatic heterocycles. The van der Waals surface area contributed by atoms with Crippen LogP contribution in [-0.2, 0) is 32.2 Å². The van der Waals surface area contributed by atoms with Gasteiger partial charge in [0.15, 0.2) is 5.79 Å². The average molecular weight is 397 g/mol. The maximum atomic E-state index is 12.6. The van der Waals surface area contributed by atoms with Gasteiger partial charge in [-0.1, -0.05) is 42.5 Å². The molecule has 3 rings (SSSR count). The monoisotopic (exact) mass is 397 g/mol. The molecule has 1 heterocycles. The third-order valence-corrected chi connectivity index (χ3v) is 4.88. The lowest BCUT2D eigenvalue weighted by atomic mass is 9.90. The van der Waals surface area contributed by atoms with Crippen molar-refractivity contribution in [1.82, 2.24) is 5.32 Å². The second-order valence-corrected chi connectivity index (χ2v) is 7.98. The van der Waals surface area contributed by atoms with Gasteiger partial charge in [0, 0.05) is 6.54 Å². The Balaban J connectivity index is 1.49. The van der Waals surface area contributed by atoms with Gasteiger partial charge in [0.1, 0.15) is 6.61 Å². The van der Waals surface area contributed by atoms with Crippen molar-refractivity contribution in [1.29, 1.82) is 0 Å². The summed E-state index contributed by atoms with van der Waals surface area (Å²) in [5.41, 5.74) is 1.57. The summed E-state index contributed by atoms with van der Waals surface area (Å²) < 4.78 is 16.6. The van der Waals surface area contributed by atoms with Crippen LogP contribution in [0.3, 0.4) is 0 Å². The van der Waals surface area contributed by atoms with E-state index < -0.39 is 11.2 Å². The molecule has 0 saturated carbocycles. The molecule has 2 aromatic rings. The van der Waals surface area contributed by atoms with Crippen molar-refractivity contribution in [3.8, 4) is 0 Å². The predicted molar refractivity (Wildman–Crippen MR) is 108 cm³/mol. The van der Waals surface area contributed by atoms with E-state index in [0.717, 1.165) is 11.1 Å². The lowest BCUT2D eigenvalue weighted by molar-refractivity contribution is -0.277. The Morgan fingerprint density at radius 1 is 0.931 bits per heavy atom. The molecule has 6 heteroatoms. The highest BCUT2D eigenvalue weighted by atomic mass is 16.7. The molecule has 0 aliphatic carbocycles. The van der Waals surface area contributed by atoms with Crippen LogP contribution in [0.5, 0.6) is 0 Å². The normalized spacial score (nSPS) is 17.3. The maximum Gasteiger partial charge on any atom is 0.338 e. The number of hydrogen-bond acceptors (Lipinski definition) is 5. The summed E-state index contributed by atoms with van der Waals surface area (Å²) in [5, 5.41) is 2.92. The van der Waals surface area contributed by atoms with Crippen LogP contribution in [0, 0.1) is 5.41 Å². The van der Waals surface area contributed by atoms with Gasteiger partial charge in [0.05, 0.1) is 24.2 Å². The zero-order valence-electron chi connectivity index (χ0n) is 17.1. The van der Waals surface area contributed by atoms with Crippen molar-refractivity contribution < 1.29 is 23.8 Å². The van der Waals surface area contributed by atoms with Crippen molar-refractivity contribution in [2.24, 2.45) is 5.41 Å². The molecule has 0 spiro atoms. The SMILES string of the molecule is CC1(C)OCC(C)(C(=O)NCc2ccc(C(=O)OCc3ccccc3)cc2)CO1. The Hall–Kier alpha value is -2.70. The van der Waals surface area contributed by atoms with Gasteiger partial charge in [-0.15, -0.1) is 0 Å². The second-order valence-electron chi connectivity index (χ2n) is 7.98. The van der Waals surface area contributed by atoms with Gasteiger partial charge in [-0.05, 0) is 44.0 Å². The molecule has 6 nitrogen and oxygen atoms in total. The fourth-order valence-electron chi connectivity index (χ4n) is 2.84. The van der Waals surface area contributed by atoms with Crippen LogP contribution in [-0.4, -0.2) is 30.9 Å². The average Bonchev–Trinajstić information content (AvgIpc) is 2.73. The van der Waals surface area contributed by atoms with Crippen molar-refractivity contribution in [3.05, 3.63) is 71.3 Å². The topological polar surface area (TPSA) is 73.9 Å². The van der Waals surface area contributed by atoms with Crippen molar-refractivity contribution in [2.75, 3.05) is 13.2 Å². The van der Waals surface area contributed by atoms with E-state index in [1.165, 1.54) is 0 Å². The highest BCUT2D eigenvalue weighted by Gasteiger charge is 2.41. The standard InChI is InChI=1S/C23H27NO5/c1-22(2)28-15-23(3,16-29-22)21(26)24-13-17-9-11-19(12-10-17)20(25)27-14-18-7-5-4-6-8-18/h4-12H,13-16H2,1-3H3,(H,24,26). The molecule has 0 unspecified atom stereocenters. The summed E-state index contributed by atoms with van der Waals surface area (Å²) in [4.78, 5) is 24.7. The largest absolute Gasteiger partial charge is 0.457 e. The van der Waals surface area contributed by atoms with E-state index in [4.69, 9.17) is 14.2 Å². The van der Waals surface area contributed by atoms with E-state index in [1.807, 2.05) is 51.1 Å². The summed E-state index contributed by atoms with van der Waals surface area (Å²) in [7, 11) is 0. The van der Waals surface area contributed by atoms with Crippen LogP contribution >= 0.6 is 0 Å². The predicted octanol–water partition coefficient (Wildman–Crippen LogP) is 3.45. The molecule has 1 amide bonds. The van der Waals surface area contributed by atoms with Gasteiger partial charge in [-0.3, -0.25) is 4.79 Å². The minimum atomic E-state index is -0.725. The van der Waals surface area contributed by atoms with Crippen molar-refractivity contribution in [3.63, 3.8) is 0 Å². The maximum absolute atomic E-state index is 12.6. The highest BCUT2D eigenvalue weighted by Crippen LogP contribution is 2.29. The molecule has 29 heavy (non-hydrogen) atoms. The Labute approximate surface area is 171 Å². The van der Waals surface area contributed by atoms with Gasteiger partial charge in [0.2, 0.25) is 5.91 Å². The minimum Gasteiger partial charge on any atom is -0.457 e. The number of hydrogen-bond donors (Lipinski definition) is 1. The van der Waals surface area contributed by atoms with E-state index in [9.17, 15) is 9.59 Å². The first-order valence-corrected chi connectivity index (χ1v) is 9.64. The fraction of sp³-hybridized carbons (Fsp3) is 0.391. The zero-order valence-corrected chi connectivity index (χ0v) is 17.1. The third kappa shape index (κ3) is 5.65. The number of ether oxygens (including phenoxy) is 3. The fourth-order valence-corrected chi connectivity index (χ4v) is 2.84. The van der Waals surface area contributed by atoms with Gasteiger partial charge >= 0.3 is 5.97 Å². The number of esters is 1. The van der Waals surface area contributed by atoms with Crippen LogP contribution in [0.1, 0.15) is 42.3 Å². The summed E-state index contributed by atoms with van der Waals surface area (Å²) >= 11 is 0. The molecule has 154 valence electrons. The van der Waals surface area contributed by atoms with E-state index in [1.54, 1.807) is 24.3 Å². The minimum absolute atomic E-state index is 0.126. The third-order valence-electron chi connectivity index (χ3n) is 4.88. The molecule has 1 N–H and O–H groups in total. The molecule has 1 aliphatic rings. The highest BCUT2D eigenvalue weighted by molar-refractivity contribution is 5.89. The van der Waals surface area contributed by atoms with Crippen LogP contribution in [0.2, 0.25) is 0 Å². The zero-order chi connectivity index (χ0) is 20.9. The van der Waals surface area contributed by atoms with Crippen LogP contribution in [0.15, 0.2) is 54.6 Å². The number of benzene rings is 2. The van der Waals surface area contributed by atoms with Crippen LogP contribution in [0.4, 0.5) is 0 Å². The number of carbonyl (C=O) groups is 2.